The first kappa shape index (κ1) is 17.2. The van der Waals surface area contributed by atoms with Gasteiger partial charge in [-0.25, -0.2) is 4.79 Å². The minimum absolute atomic E-state index is 0.316. The van der Waals surface area contributed by atoms with Crippen LogP contribution in [-0.4, -0.2) is 17.0 Å². The number of carbonyl (C=O) groups excluding carboxylic acids is 2. The third-order valence-electron chi connectivity index (χ3n) is 5.77. The lowest BCUT2D eigenvalue weighted by Gasteiger charge is -2.50. The van der Waals surface area contributed by atoms with Gasteiger partial charge in [0, 0.05) is 11.1 Å². The Kier molecular flexibility index (Phi) is 3.42. The van der Waals surface area contributed by atoms with E-state index in [4.69, 9.17) is 0 Å². The van der Waals surface area contributed by atoms with Crippen LogP contribution in [0.3, 0.4) is 0 Å². The van der Waals surface area contributed by atoms with Crippen LogP contribution in [0.4, 0.5) is 4.79 Å². The average molecular weight is 381 g/mol. The Morgan fingerprint density at radius 1 is 0.897 bits per heavy atom. The number of hydrogen-bond acceptors (Lipinski definition) is 4. The van der Waals surface area contributed by atoms with Crippen LogP contribution in [0, 0.1) is 11.3 Å². The quantitative estimate of drug-likeness (QED) is 0.607. The molecule has 3 N–H and O–H groups in total. The minimum atomic E-state index is -1.88. The highest BCUT2D eigenvalue weighted by Gasteiger charge is 2.68. The lowest BCUT2D eigenvalue weighted by Crippen LogP contribution is -2.64. The Bertz CT molecular complexity index is 1220. The van der Waals surface area contributed by atoms with Gasteiger partial charge in [-0.15, -0.1) is 0 Å². The lowest BCUT2D eigenvalue weighted by atomic mass is 9.56. The molecule has 1 aliphatic carbocycles. The monoisotopic (exact) mass is 381 g/mol. The van der Waals surface area contributed by atoms with Gasteiger partial charge >= 0.3 is 6.03 Å². The molecule has 3 amide bonds. The van der Waals surface area contributed by atoms with E-state index in [1.54, 1.807) is 36.4 Å². The molecule has 0 saturated carbocycles. The highest BCUT2D eigenvalue weighted by molar-refractivity contribution is 6.09. The summed E-state index contributed by atoms with van der Waals surface area (Å²) in [6.07, 6.45) is 0. The topological polar surface area (TPSA) is 102 Å². The summed E-state index contributed by atoms with van der Waals surface area (Å²) in [4.78, 5) is 25.3. The summed E-state index contributed by atoms with van der Waals surface area (Å²) in [5.41, 5.74) is -0.809. The predicted molar refractivity (Wildman–Crippen MR) is 104 cm³/mol. The van der Waals surface area contributed by atoms with Crippen LogP contribution in [0.25, 0.3) is 11.1 Å². The SMILES string of the molecule is N#Cc1c2ccc(-c3ccccc3)c1C2(O)C1(c2ccccc2)NC(=O)NC1=O. The molecular formula is C23H15N3O3. The van der Waals surface area contributed by atoms with Gasteiger partial charge in [0.05, 0.1) is 11.6 Å². The Balaban J connectivity index is 1.82. The molecule has 2 aliphatic rings. The van der Waals surface area contributed by atoms with Gasteiger partial charge < -0.3 is 10.4 Å². The van der Waals surface area contributed by atoms with Crippen LogP contribution in [0.5, 0.6) is 0 Å². The fourth-order valence-corrected chi connectivity index (χ4v) is 4.53. The van der Waals surface area contributed by atoms with Crippen LogP contribution >= 0.6 is 0 Å². The van der Waals surface area contributed by atoms with Crippen LogP contribution < -0.4 is 10.6 Å². The molecule has 5 rings (SSSR count). The van der Waals surface area contributed by atoms with Gasteiger partial charge in [-0.05, 0) is 16.7 Å². The maximum absolute atomic E-state index is 13.1. The summed E-state index contributed by atoms with van der Waals surface area (Å²) in [6, 6.07) is 22.8. The number of imide groups is 1. The summed E-state index contributed by atoms with van der Waals surface area (Å²) in [6.45, 7) is 0. The third-order valence-corrected chi connectivity index (χ3v) is 5.77. The van der Waals surface area contributed by atoms with E-state index in [0.29, 0.717) is 27.8 Å². The Morgan fingerprint density at radius 3 is 2.14 bits per heavy atom. The number of rotatable bonds is 3. The fourth-order valence-electron chi connectivity index (χ4n) is 4.53. The van der Waals surface area contributed by atoms with E-state index in [9.17, 15) is 20.0 Å². The third kappa shape index (κ3) is 1.97. The van der Waals surface area contributed by atoms with Gasteiger partial charge in [0.2, 0.25) is 0 Å². The van der Waals surface area contributed by atoms with Gasteiger partial charge in [0.1, 0.15) is 0 Å². The van der Waals surface area contributed by atoms with E-state index >= 15 is 0 Å². The van der Waals surface area contributed by atoms with Crippen molar-refractivity contribution < 1.29 is 14.7 Å². The molecule has 140 valence electrons. The molecule has 1 saturated heterocycles. The van der Waals surface area contributed by atoms with Crippen LogP contribution in [0.15, 0.2) is 72.8 Å². The lowest BCUT2D eigenvalue weighted by molar-refractivity contribution is -0.135. The van der Waals surface area contributed by atoms with Crippen molar-refractivity contribution in [1.29, 1.82) is 5.26 Å². The maximum Gasteiger partial charge on any atom is 0.322 e. The Labute approximate surface area is 166 Å². The number of benzene rings is 3. The van der Waals surface area contributed by atoms with E-state index in [1.807, 2.05) is 36.4 Å². The van der Waals surface area contributed by atoms with Crippen molar-refractivity contribution >= 4 is 11.9 Å². The molecule has 1 fully saturated rings. The second-order valence-electron chi connectivity index (χ2n) is 7.12. The smallest absolute Gasteiger partial charge is 0.322 e. The molecule has 2 atom stereocenters. The van der Waals surface area contributed by atoms with Crippen molar-refractivity contribution in [3.63, 3.8) is 0 Å². The molecule has 1 heterocycles. The highest BCUT2D eigenvalue weighted by atomic mass is 16.3. The van der Waals surface area contributed by atoms with Crippen LogP contribution in [0.2, 0.25) is 0 Å². The molecule has 3 aromatic carbocycles. The molecule has 29 heavy (non-hydrogen) atoms. The molecule has 0 aromatic heterocycles. The highest BCUT2D eigenvalue weighted by Crippen LogP contribution is 2.58. The first-order valence-electron chi connectivity index (χ1n) is 9.09. The summed E-state index contributed by atoms with van der Waals surface area (Å²) in [5.74, 6) is -0.661. The molecule has 2 unspecified atom stereocenters. The summed E-state index contributed by atoms with van der Waals surface area (Å²) >= 11 is 0. The molecule has 2 bridgehead atoms. The summed E-state index contributed by atoms with van der Waals surface area (Å²) < 4.78 is 0. The van der Waals surface area contributed by atoms with Gasteiger partial charge in [-0.3, -0.25) is 10.1 Å². The van der Waals surface area contributed by atoms with Crippen LogP contribution in [-0.2, 0) is 15.9 Å². The standard InChI is InChI=1S/C23H15N3O3/c24-13-17-18-12-11-16(14-7-3-1-4-8-14)19(17)23(18,29)22(15-9-5-2-6-10-15)20(27)25-21(28)26-22/h1-12,29H,(H2,25,26,27,28). The van der Waals surface area contributed by atoms with Gasteiger partial charge in [0.25, 0.3) is 5.91 Å². The van der Waals surface area contributed by atoms with Crippen molar-refractivity contribution in [2.45, 2.75) is 11.1 Å². The number of nitrogens with one attached hydrogen (secondary N) is 2. The van der Waals surface area contributed by atoms with Crippen molar-refractivity contribution in [1.82, 2.24) is 10.6 Å². The summed E-state index contributed by atoms with van der Waals surface area (Å²) in [7, 11) is 0. The molecule has 3 aromatic rings. The van der Waals surface area contributed by atoms with E-state index in [-0.39, 0.29) is 0 Å². The van der Waals surface area contributed by atoms with Crippen LogP contribution in [0.1, 0.15) is 22.3 Å². The fraction of sp³-hybridized carbons (Fsp3) is 0.0870. The van der Waals surface area contributed by atoms with Gasteiger partial charge in [0.15, 0.2) is 11.1 Å². The number of amides is 3. The largest absolute Gasteiger partial charge is 0.377 e. The van der Waals surface area contributed by atoms with Crippen molar-refractivity contribution in [3.05, 3.63) is 95.1 Å². The molecule has 6 nitrogen and oxygen atoms in total. The van der Waals surface area contributed by atoms with E-state index in [1.165, 1.54) is 0 Å². The predicted octanol–water partition coefficient (Wildman–Crippen LogP) is 2.51. The van der Waals surface area contributed by atoms with E-state index < -0.39 is 23.1 Å². The molecule has 0 radical (unpaired) electrons. The van der Waals surface area contributed by atoms with E-state index in [0.717, 1.165) is 5.56 Å². The number of carbonyl (C=O) groups is 2. The number of fused-ring (bicyclic) bond motifs is 2. The first-order valence-corrected chi connectivity index (χ1v) is 9.09. The Morgan fingerprint density at radius 2 is 1.55 bits per heavy atom. The van der Waals surface area contributed by atoms with Crippen molar-refractivity contribution in [2.24, 2.45) is 0 Å². The van der Waals surface area contributed by atoms with E-state index in [2.05, 4.69) is 16.7 Å². The van der Waals surface area contributed by atoms with Crippen molar-refractivity contribution in [2.75, 3.05) is 0 Å². The normalized spacial score (nSPS) is 24.3. The molecule has 0 spiro atoms. The minimum Gasteiger partial charge on any atom is -0.377 e. The molecule has 6 heteroatoms. The zero-order valence-electron chi connectivity index (χ0n) is 15.1. The van der Waals surface area contributed by atoms with Gasteiger partial charge in [-0.2, -0.15) is 5.26 Å². The Hall–Kier alpha value is -3.95. The number of nitrogens with zero attached hydrogens (tertiary/aromatic N) is 1. The summed E-state index contributed by atoms with van der Waals surface area (Å²) in [5, 5.41) is 26.7. The molecular weight excluding hydrogens is 366 g/mol. The number of urea groups is 1. The maximum atomic E-state index is 13.1. The number of hydrogen-bond donors (Lipinski definition) is 3. The average Bonchev–Trinajstić information content (AvgIpc) is 3.08. The number of aliphatic hydroxyl groups is 1. The second kappa shape index (κ2) is 5.77. The number of nitriles is 1. The van der Waals surface area contributed by atoms with Crippen molar-refractivity contribution in [3.8, 4) is 17.2 Å². The second-order valence-corrected chi connectivity index (χ2v) is 7.12. The first-order chi connectivity index (χ1) is 14.0. The van der Waals surface area contributed by atoms with Gasteiger partial charge in [-0.1, -0.05) is 72.8 Å². The zero-order chi connectivity index (χ0) is 20.2. The zero-order valence-corrected chi connectivity index (χ0v) is 15.1. The molecule has 1 aliphatic heterocycles.